The van der Waals surface area contributed by atoms with Crippen molar-refractivity contribution in [3.63, 3.8) is 0 Å². The molecule has 0 amide bonds. The standard InChI is InChI=1S/C9H12O4/c1-12-6(10)9(7(11)13-2)5-8(9)3-4-8/h3-5H2,1-2H3. The summed E-state index contributed by atoms with van der Waals surface area (Å²) < 4.78 is 9.27. The summed E-state index contributed by atoms with van der Waals surface area (Å²) in [6, 6.07) is 0. The Labute approximate surface area is 76.2 Å². The normalized spacial score (nSPS) is 25.1. The maximum atomic E-state index is 11.4. The number of ether oxygens (including phenoxy) is 2. The molecule has 4 nitrogen and oxygen atoms in total. The van der Waals surface area contributed by atoms with Gasteiger partial charge in [0.15, 0.2) is 5.41 Å². The number of esters is 2. The molecule has 0 bridgehead atoms. The van der Waals surface area contributed by atoms with Crippen molar-refractivity contribution in [2.45, 2.75) is 19.3 Å². The van der Waals surface area contributed by atoms with Gasteiger partial charge in [-0.15, -0.1) is 0 Å². The number of rotatable bonds is 2. The smallest absolute Gasteiger partial charge is 0.323 e. The van der Waals surface area contributed by atoms with E-state index in [2.05, 4.69) is 9.47 Å². The fourth-order valence-electron chi connectivity index (χ4n) is 2.23. The fraction of sp³-hybridized carbons (Fsp3) is 0.778. The summed E-state index contributed by atoms with van der Waals surface area (Å²) in [6.07, 6.45) is 2.49. The second-order valence-corrected chi connectivity index (χ2v) is 3.85. The molecule has 2 aliphatic carbocycles. The third-order valence-corrected chi connectivity index (χ3v) is 3.31. The molecule has 2 aliphatic rings. The van der Waals surface area contributed by atoms with Crippen molar-refractivity contribution in [2.24, 2.45) is 10.8 Å². The van der Waals surface area contributed by atoms with Gasteiger partial charge in [-0.2, -0.15) is 0 Å². The van der Waals surface area contributed by atoms with Gasteiger partial charge in [-0.05, 0) is 24.7 Å². The zero-order valence-electron chi connectivity index (χ0n) is 7.75. The molecule has 0 saturated heterocycles. The van der Waals surface area contributed by atoms with Gasteiger partial charge in [0.05, 0.1) is 14.2 Å². The van der Waals surface area contributed by atoms with Gasteiger partial charge in [-0.25, -0.2) is 0 Å². The highest BCUT2D eigenvalue weighted by atomic mass is 16.5. The Morgan fingerprint density at radius 3 is 1.77 bits per heavy atom. The second-order valence-electron chi connectivity index (χ2n) is 3.85. The van der Waals surface area contributed by atoms with E-state index < -0.39 is 17.4 Å². The third-order valence-electron chi connectivity index (χ3n) is 3.31. The summed E-state index contributed by atoms with van der Waals surface area (Å²) in [4.78, 5) is 22.9. The van der Waals surface area contributed by atoms with E-state index in [9.17, 15) is 9.59 Å². The summed E-state index contributed by atoms with van der Waals surface area (Å²) in [5.74, 6) is -0.867. The zero-order chi connectivity index (χ0) is 9.69. The van der Waals surface area contributed by atoms with E-state index in [0.29, 0.717) is 6.42 Å². The first-order chi connectivity index (χ1) is 6.13. The zero-order valence-corrected chi connectivity index (χ0v) is 7.75. The lowest BCUT2D eigenvalue weighted by Gasteiger charge is -2.11. The van der Waals surface area contributed by atoms with Gasteiger partial charge in [0.2, 0.25) is 0 Å². The maximum Gasteiger partial charge on any atom is 0.323 e. The summed E-state index contributed by atoms with van der Waals surface area (Å²) in [5.41, 5.74) is -1.04. The van der Waals surface area contributed by atoms with Gasteiger partial charge in [0, 0.05) is 0 Å². The minimum atomic E-state index is -0.948. The number of methoxy groups -OCH3 is 2. The van der Waals surface area contributed by atoms with Crippen molar-refractivity contribution in [2.75, 3.05) is 14.2 Å². The molecule has 2 rings (SSSR count). The van der Waals surface area contributed by atoms with Crippen LogP contribution < -0.4 is 0 Å². The van der Waals surface area contributed by atoms with Crippen LogP contribution in [0.1, 0.15) is 19.3 Å². The molecule has 72 valence electrons. The lowest BCUT2D eigenvalue weighted by atomic mass is 10.0. The average Bonchev–Trinajstić information content (AvgIpc) is 3.04. The van der Waals surface area contributed by atoms with Crippen LogP contribution in [0, 0.1) is 10.8 Å². The van der Waals surface area contributed by atoms with Crippen LogP contribution in [0.4, 0.5) is 0 Å². The summed E-state index contributed by atoms with van der Waals surface area (Å²) in [6.45, 7) is 0. The Hall–Kier alpha value is -1.06. The van der Waals surface area contributed by atoms with Crippen LogP contribution in [0.2, 0.25) is 0 Å². The van der Waals surface area contributed by atoms with E-state index in [1.54, 1.807) is 0 Å². The molecular weight excluding hydrogens is 172 g/mol. The van der Waals surface area contributed by atoms with E-state index in [0.717, 1.165) is 12.8 Å². The molecule has 0 heterocycles. The van der Waals surface area contributed by atoms with Crippen molar-refractivity contribution in [1.82, 2.24) is 0 Å². The van der Waals surface area contributed by atoms with Crippen LogP contribution >= 0.6 is 0 Å². The predicted molar refractivity (Wildman–Crippen MR) is 42.7 cm³/mol. The Bertz CT molecular complexity index is 261. The molecule has 2 fully saturated rings. The van der Waals surface area contributed by atoms with Crippen molar-refractivity contribution >= 4 is 11.9 Å². The maximum absolute atomic E-state index is 11.4. The second kappa shape index (κ2) is 2.25. The Kier molecular flexibility index (Phi) is 1.47. The molecular formula is C9H12O4. The Morgan fingerprint density at radius 1 is 1.08 bits per heavy atom. The van der Waals surface area contributed by atoms with Gasteiger partial charge < -0.3 is 9.47 Å². The molecule has 0 aromatic rings. The van der Waals surface area contributed by atoms with Crippen LogP contribution in [0.3, 0.4) is 0 Å². The number of carbonyl (C=O) groups is 2. The molecule has 13 heavy (non-hydrogen) atoms. The van der Waals surface area contributed by atoms with Crippen LogP contribution in [0.15, 0.2) is 0 Å². The molecule has 0 unspecified atom stereocenters. The van der Waals surface area contributed by atoms with Gasteiger partial charge >= 0.3 is 11.9 Å². The Morgan fingerprint density at radius 2 is 1.54 bits per heavy atom. The number of hydrogen-bond donors (Lipinski definition) is 0. The molecule has 0 atom stereocenters. The first-order valence-corrected chi connectivity index (χ1v) is 4.30. The highest BCUT2D eigenvalue weighted by Gasteiger charge is 2.83. The van der Waals surface area contributed by atoms with Crippen molar-refractivity contribution < 1.29 is 19.1 Å². The van der Waals surface area contributed by atoms with Crippen LogP contribution in [0.5, 0.6) is 0 Å². The minimum Gasteiger partial charge on any atom is -0.468 e. The molecule has 0 aliphatic heterocycles. The van der Waals surface area contributed by atoms with Crippen LogP contribution in [-0.4, -0.2) is 26.2 Å². The van der Waals surface area contributed by atoms with E-state index in [4.69, 9.17) is 0 Å². The average molecular weight is 184 g/mol. The quantitative estimate of drug-likeness (QED) is 0.463. The number of hydrogen-bond acceptors (Lipinski definition) is 4. The van der Waals surface area contributed by atoms with Gasteiger partial charge in [0.1, 0.15) is 0 Å². The van der Waals surface area contributed by atoms with E-state index >= 15 is 0 Å². The Balaban J connectivity index is 2.24. The van der Waals surface area contributed by atoms with E-state index in [1.807, 2.05) is 0 Å². The minimum absolute atomic E-state index is 0.0901. The molecule has 1 spiro atoms. The molecule has 0 radical (unpaired) electrons. The van der Waals surface area contributed by atoms with Gasteiger partial charge in [0.25, 0.3) is 0 Å². The fourth-order valence-corrected chi connectivity index (χ4v) is 2.23. The molecule has 0 N–H and O–H groups in total. The first-order valence-electron chi connectivity index (χ1n) is 4.30. The lowest BCUT2D eigenvalue weighted by Crippen LogP contribution is -2.30. The SMILES string of the molecule is COC(=O)C1(C(=O)OC)CC12CC2. The topological polar surface area (TPSA) is 52.6 Å². The molecule has 4 heteroatoms. The van der Waals surface area contributed by atoms with Crippen molar-refractivity contribution in [1.29, 1.82) is 0 Å². The van der Waals surface area contributed by atoms with Crippen molar-refractivity contribution in [3.8, 4) is 0 Å². The summed E-state index contributed by atoms with van der Waals surface area (Å²) in [5, 5.41) is 0. The van der Waals surface area contributed by atoms with Gasteiger partial charge in [-0.1, -0.05) is 0 Å². The highest BCUT2D eigenvalue weighted by molar-refractivity contribution is 6.05. The molecule has 0 aromatic carbocycles. The van der Waals surface area contributed by atoms with Crippen LogP contribution in [-0.2, 0) is 19.1 Å². The number of carbonyl (C=O) groups excluding carboxylic acids is 2. The van der Waals surface area contributed by atoms with E-state index in [1.165, 1.54) is 14.2 Å². The lowest BCUT2D eigenvalue weighted by molar-refractivity contribution is -0.162. The summed E-state index contributed by atoms with van der Waals surface area (Å²) >= 11 is 0. The molecule has 0 aromatic heterocycles. The van der Waals surface area contributed by atoms with Crippen LogP contribution in [0.25, 0.3) is 0 Å². The monoisotopic (exact) mass is 184 g/mol. The summed E-state index contributed by atoms with van der Waals surface area (Å²) in [7, 11) is 2.61. The highest BCUT2D eigenvalue weighted by Crippen LogP contribution is 2.79. The molecule has 2 saturated carbocycles. The van der Waals surface area contributed by atoms with Gasteiger partial charge in [-0.3, -0.25) is 9.59 Å². The first kappa shape index (κ1) is 8.53. The van der Waals surface area contributed by atoms with Crippen molar-refractivity contribution in [3.05, 3.63) is 0 Å². The predicted octanol–water partition coefficient (Wildman–Crippen LogP) is 0.503. The third kappa shape index (κ3) is 0.806. The van der Waals surface area contributed by atoms with E-state index in [-0.39, 0.29) is 5.41 Å². The largest absolute Gasteiger partial charge is 0.468 e.